The zero-order valence-corrected chi connectivity index (χ0v) is 22.6. The van der Waals surface area contributed by atoms with E-state index in [0.29, 0.717) is 17.9 Å². The molecule has 0 aliphatic carbocycles. The standard InChI is InChI=1S/C30H30ClNO4S/c1-30(2,36-37(3,34)35)27-11-7-5-9-22(27)15-19-29(33)26-10-6-4-8-21(26)13-17-25-18-14-23-12-16-24(31)20-28(23)32-25/h4-14,16-18,20,29,33H,15,19H2,1-3H3/t29-/m0/s1. The van der Waals surface area contributed by atoms with Gasteiger partial charge in [0.1, 0.15) is 5.60 Å². The number of benzene rings is 3. The SMILES string of the molecule is CC(C)(OS(C)(=O)=O)c1ccccc1CC[C@H](O)c1ccccc1C=Cc1ccc2ccc(Cl)cc2n1. The molecule has 0 saturated carbocycles. The van der Waals surface area contributed by atoms with Gasteiger partial charge in [-0.05, 0) is 73.2 Å². The van der Waals surface area contributed by atoms with Crippen molar-refractivity contribution in [2.45, 2.75) is 38.4 Å². The fourth-order valence-electron chi connectivity index (χ4n) is 4.54. The molecule has 4 rings (SSSR count). The molecule has 0 aliphatic heterocycles. The van der Waals surface area contributed by atoms with Crippen LogP contribution in [0, 0.1) is 0 Å². The molecule has 192 valence electrons. The molecule has 0 unspecified atom stereocenters. The summed E-state index contributed by atoms with van der Waals surface area (Å²) >= 11 is 6.12. The van der Waals surface area contributed by atoms with Crippen LogP contribution in [0.25, 0.3) is 23.1 Å². The number of aryl methyl sites for hydroxylation is 1. The Morgan fingerprint density at radius 1 is 1.00 bits per heavy atom. The van der Waals surface area contributed by atoms with Crippen molar-refractivity contribution in [2.75, 3.05) is 6.26 Å². The Morgan fingerprint density at radius 2 is 1.70 bits per heavy atom. The van der Waals surface area contributed by atoms with E-state index in [1.165, 1.54) is 0 Å². The van der Waals surface area contributed by atoms with Gasteiger partial charge >= 0.3 is 0 Å². The fraction of sp³-hybridized carbons (Fsp3) is 0.233. The lowest BCUT2D eigenvalue weighted by Gasteiger charge is -2.27. The van der Waals surface area contributed by atoms with E-state index < -0.39 is 21.8 Å². The largest absolute Gasteiger partial charge is 0.388 e. The predicted octanol–water partition coefficient (Wildman–Crippen LogP) is 6.94. The molecular formula is C30H30ClNO4S. The Balaban J connectivity index is 1.53. The lowest BCUT2D eigenvalue weighted by Crippen LogP contribution is -2.26. The molecule has 1 aromatic heterocycles. The van der Waals surface area contributed by atoms with Crippen molar-refractivity contribution >= 4 is 44.8 Å². The lowest BCUT2D eigenvalue weighted by atomic mass is 9.89. The number of aliphatic hydroxyl groups excluding tert-OH is 1. The second-order valence-corrected chi connectivity index (χ2v) is 11.6. The Labute approximate surface area is 223 Å². The minimum absolute atomic E-state index is 0.462. The average Bonchev–Trinajstić information content (AvgIpc) is 2.84. The molecule has 0 radical (unpaired) electrons. The van der Waals surface area contributed by atoms with Crippen LogP contribution in [0.1, 0.15) is 54.3 Å². The number of rotatable bonds is 9. The Kier molecular flexibility index (Phi) is 8.14. The summed E-state index contributed by atoms with van der Waals surface area (Å²) in [5.41, 5.74) is 4.02. The molecule has 1 heterocycles. The van der Waals surface area contributed by atoms with Crippen LogP contribution in [0.4, 0.5) is 0 Å². The number of aliphatic hydroxyl groups is 1. The molecule has 1 atom stereocenters. The highest BCUT2D eigenvalue weighted by Gasteiger charge is 2.28. The molecule has 0 amide bonds. The van der Waals surface area contributed by atoms with E-state index in [1.54, 1.807) is 13.8 Å². The normalized spacial score (nSPS) is 13.3. The molecule has 7 heteroatoms. The minimum Gasteiger partial charge on any atom is -0.388 e. The molecule has 0 spiro atoms. The van der Waals surface area contributed by atoms with Gasteiger partial charge in [0.05, 0.1) is 23.6 Å². The van der Waals surface area contributed by atoms with E-state index >= 15 is 0 Å². The zero-order chi connectivity index (χ0) is 26.6. The van der Waals surface area contributed by atoms with Gasteiger partial charge in [0.15, 0.2) is 0 Å². The first-order valence-corrected chi connectivity index (χ1v) is 14.2. The molecule has 0 fully saturated rings. The summed E-state index contributed by atoms with van der Waals surface area (Å²) in [6.45, 7) is 3.47. The first-order valence-electron chi connectivity index (χ1n) is 12.0. The zero-order valence-electron chi connectivity index (χ0n) is 21.1. The smallest absolute Gasteiger partial charge is 0.265 e. The van der Waals surface area contributed by atoms with Crippen LogP contribution >= 0.6 is 11.6 Å². The number of pyridine rings is 1. The highest BCUT2D eigenvalue weighted by Crippen LogP contribution is 2.32. The fourth-order valence-corrected chi connectivity index (χ4v) is 5.55. The van der Waals surface area contributed by atoms with Gasteiger partial charge in [-0.2, -0.15) is 8.42 Å². The minimum atomic E-state index is -3.64. The second-order valence-electron chi connectivity index (χ2n) is 9.54. The van der Waals surface area contributed by atoms with Crippen molar-refractivity contribution in [3.8, 4) is 0 Å². The van der Waals surface area contributed by atoms with Gasteiger partial charge < -0.3 is 5.11 Å². The van der Waals surface area contributed by atoms with Crippen LogP contribution in [-0.4, -0.2) is 24.8 Å². The third-order valence-corrected chi connectivity index (χ3v) is 7.13. The van der Waals surface area contributed by atoms with E-state index in [4.69, 9.17) is 15.8 Å². The molecule has 4 aromatic rings. The summed E-state index contributed by atoms with van der Waals surface area (Å²) in [6.07, 6.45) is 5.23. The van der Waals surface area contributed by atoms with E-state index in [0.717, 1.165) is 45.1 Å². The maximum absolute atomic E-state index is 11.8. The Hall–Kier alpha value is -3.03. The van der Waals surface area contributed by atoms with Gasteiger partial charge in [0.2, 0.25) is 0 Å². The van der Waals surface area contributed by atoms with Gasteiger partial charge in [-0.25, -0.2) is 4.98 Å². The van der Waals surface area contributed by atoms with Gasteiger partial charge in [-0.15, -0.1) is 0 Å². The highest BCUT2D eigenvalue weighted by atomic mass is 35.5. The lowest BCUT2D eigenvalue weighted by molar-refractivity contribution is 0.117. The summed E-state index contributed by atoms with van der Waals surface area (Å²) in [5, 5.41) is 12.8. The third kappa shape index (κ3) is 7.05. The van der Waals surface area contributed by atoms with E-state index in [1.807, 2.05) is 91.0 Å². The van der Waals surface area contributed by atoms with Crippen molar-refractivity contribution in [3.63, 3.8) is 0 Å². The first-order chi connectivity index (χ1) is 17.5. The van der Waals surface area contributed by atoms with Crippen molar-refractivity contribution in [2.24, 2.45) is 0 Å². The van der Waals surface area contributed by atoms with Gasteiger partial charge in [0, 0.05) is 10.4 Å². The molecule has 37 heavy (non-hydrogen) atoms. The number of hydrogen-bond donors (Lipinski definition) is 1. The quantitative estimate of drug-likeness (QED) is 0.235. The maximum Gasteiger partial charge on any atom is 0.265 e. The number of fused-ring (bicyclic) bond motifs is 1. The summed E-state index contributed by atoms with van der Waals surface area (Å²) < 4.78 is 28.9. The van der Waals surface area contributed by atoms with E-state index in [-0.39, 0.29) is 0 Å². The van der Waals surface area contributed by atoms with Crippen molar-refractivity contribution in [1.82, 2.24) is 4.98 Å². The highest BCUT2D eigenvalue weighted by molar-refractivity contribution is 7.86. The molecule has 1 N–H and O–H groups in total. The molecule has 0 aliphatic rings. The van der Waals surface area contributed by atoms with Crippen LogP contribution in [-0.2, 0) is 26.3 Å². The van der Waals surface area contributed by atoms with Crippen molar-refractivity contribution in [3.05, 3.63) is 112 Å². The first kappa shape index (κ1) is 27.0. The molecule has 0 saturated heterocycles. The van der Waals surface area contributed by atoms with Crippen LogP contribution in [0.2, 0.25) is 5.02 Å². The van der Waals surface area contributed by atoms with Gasteiger partial charge in [-0.3, -0.25) is 4.18 Å². The molecule has 3 aromatic carbocycles. The molecule has 5 nitrogen and oxygen atoms in total. The van der Waals surface area contributed by atoms with Gasteiger partial charge in [0.25, 0.3) is 10.1 Å². The van der Waals surface area contributed by atoms with E-state index in [9.17, 15) is 13.5 Å². The van der Waals surface area contributed by atoms with Crippen molar-refractivity contribution in [1.29, 1.82) is 0 Å². The van der Waals surface area contributed by atoms with Crippen LogP contribution < -0.4 is 0 Å². The maximum atomic E-state index is 11.8. The summed E-state index contributed by atoms with van der Waals surface area (Å²) in [5.74, 6) is 0. The number of hydrogen-bond acceptors (Lipinski definition) is 5. The van der Waals surface area contributed by atoms with Crippen LogP contribution in [0.3, 0.4) is 0 Å². The summed E-state index contributed by atoms with van der Waals surface area (Å²) in [4.78, 5) is 4.67. The van der Waals surface area contributed by atoms with Crippen LogP contribution in [0.5, 0.6) is 0 Å². The number of aromatic nitrogens is 1. The Bertz CT molecular complexity index is 1550. The van der Waals surface area contributed by atoms with Crippen LogP contribution in [0.15, 0.2) is 78.9 Å². The Morgan fingerprint density at radius 3 is 2.49 bits per heavy atom. The predicted molar refractivity (Wildman–Crippen MR) is 151 cm³/mol. The molecular weight excluding hydrogens is 506 g/mol. The van der Waals surface area contributed by atoms with Crippen molar-refractivity contribution < 1.29 is 17.7 Å². The third-order valence-electron chi connectivity index (χ3n) is 6.18. The second kappa shape index (κ2) is 11.2. The number of halogens is 1. The average molecular weight is 536 g/mol. The summed E-state index contributed by atoms with van der Waals surface area (Å²) in [7, 11) is -3.64. The number of nitrogens with zero attached hydrogens (tertiary/aromatic N) is 1. The van der Waals surface area contributed by atoms with Gasteiger partial charge in [-0.1, -0.05) is 78.3 Å². The van der Waals surface area contributed by atoms with E-state index in [2.05, 4.69) is 4.98 Å². The topological polar surface area (TPSA) is 76.5 Å². The summed E-state index contributed by atoms with van der Waals surface area (Å²) in [6, 6.07) is 24.9. The monoisotopic (exact) mass is 535 g/mol. The molecule has 0 bridgehead atoms.